The van der Waals surface area contributed by atoms with Crippen LogP contribution in [0.5, 0.6) is 0 Å². The quantitative estimate of drug-likeness (QED) is 0.411. The molecule has 0 saturated heterocycles. The van der Waals surface area contributed by atoms with Crippen LogP contribution in [0.15, 0.2) is 33.4 Å². The van der Waals surface area contributed by atoms with Gasteiger partial charge in [0.1, 0.15) is 0 Å². The first-order valence-corrected chi connectivity index (χ1v) is 11.7. The molecule has 2 atom stereocenters. The monoisotopic (exact) mass is 542 g/mol. The van der Waals surface area contributed by atoms with Crippen molar-refractivity contribution in [3.05, 3.63) is 45.6 Å². The summed E-state index contributed by atoms with van der Waals surface area (Å²) in [5.41, 5.74) is 9.77. The second-order valence-electron chi connectivity index (χ2n) is 9.60. The molecule has 0 aromatic heterocycles. The van der Waals surface area contributed by atoms with Crippen LogP contribution in [-0.4, -0.2) is 0 Å². The Labute approximate surface area is 226 Å². The van der Waals surface area contributed by atoms with E-state index in [-0.39, 0.29) is 51.0 Å². The van der Waals surface area contributed by atoms with Crippen LogP contribution in [0, 0.1) is 23.0 Å². The Morgan fingerprint density at radius 3 is 1.10 bits per heavy atom. The van der Waals surface area contributed by atoms with Gasteiger partial charge < -0.3 is 24.8 Å². The summed E-state index contributed by atoms with van der Waals surface area (Å²) in [6.07, 6.45) is 16.8. The molecule has 0 bridgehead atoms. The summed E-state index contributed by atoms with van der Waals surface area (Å²) in [4.78, 5) is 0. The first-order valence-electron chi connectivity index (χ1n) is 11.7. The van der Waals surface area contributed by atoms with Crippen LogP contribution in [0.3, 0.4) is 0 Å². The minimum atomic E-state index is 0. The maximum atomic E-state index is 3.58. The molecule has 0 heterocycles. The second kappa shape index (κ2) is 16.1. The van der Waals surface area contributed by atoms with Crippen molar-refractivity contribution < 1.29 is 51.0 Å². The first-order chi connectivity index (χ1) is 13.1. The van der Waals surface area contributed by atoms with Crippen LogP contribution in [0.25, 0.3) is 0 Å². The molecule has 2 aliphatic rings. The first kappa shape index (κ1) is 36.0. The maximum absolute atomic E-state index is 3.58. The Hall–Kier alpha value is 0.423. The van der Waals surface area contributed by atoms with Crippen molar-refractivity contribution >= 4 is 0 Å². The Kier molecular flexibility index (Phi) is 18.7. The Balaban J connectivity index is -0.000000461. The van der Waals surface area contributed by atoms with Gasteiger partial charge in [-0.2, -0.15) is 22.3 Å². The van der Waals surface area contributed by atoms with E-state index in [0.29, 0.717) is 10.8 Å². The zero-order chi connectivity index (χ0) is 21.5. The van der Waals surface area contributed by atoms with Gasteiger partial charge in [-0.25, -0.2) is 11.1 Å². The van der Waals surface area contributed by atoms with E-state index in [9.17, 15) is 0 Å². The van der Waals surface area contributed by atoms with Gasteiger partial charge in [-0.1, -0.05) is 68.2 Å². The molecule has 0 fully saturated rings. The van der Waals surface area contributed by atoms with Crippen LogP contribution in [0.4, 0.5) is 0 Å². The van der Waals surface area contributed by atoms with Gasteiger partial charge in [0.05, 0.1) is 0 Å². The minimum Gasteiger partial charge on any atom is -1.00 e. The molecular weight excluding hydrogens is 498 g/mol. The van der Waals surface area contributed by atoms with Gasteiger partial charge in [0.25, 0.3) is 0 Å². The number of hydrogen-bond acceptors (Lipinski definition) is 0. The fraction of sp³-hybridized carbons (Fsp3) is 0.714. The van der Waals surface area contributed by atoms with Crippen molar-refractivity contribution in [1.82, 2.24) is 0 Å². The number of halogens is 2. The van der Waals surface area contributed by atoms with Crippen molar-refractivity contribution in [2.75, 3.05) is 0 Å². The van der Waals surface area contributed by atoms with Crippen LogP contribution in [0.2, 0.25) is 0 Å². The molecule has 176 valence electrons. The largest absolute Gasteiger partial charge is 4.00 e. The van der Waals surface area contributed by atoms with Gasteiger partial charge in [-0.3, -0.25) is 12.2 Å². The van der Waals surface area contributed by atoms with Crippen molar-refractivity contribution in [1.29, 1.82) is 0 Å². The van der Waals surface area contributed by atoms with Gasteiger partial charge in [0.2, 0.25) is 0 Å². The average molecular weight is 545 g/mol. The predicted octanol–water partition coefficient (Wildman–Crippen LogP) is 3.35. The molecule has 0 saturated carbocycles. The standard InChI is InChI=1S/2C14H23.2ClH.Zr/c2*1-6-10-14(5,7-2)13-9-8-11(3)12(13)4;;;/h2*6-8,10H2,1-5H3;2*1H;/q2*-1;;;+4/p-2. The summed E-state index contributed by atoms with van der Waals surface area (Å²) in [6.45, 7) is 22.9. The summed E-state index contributed by atoms with van der Waals surface area (Å²) >= 11 is 0. The summed E-state index contributed by atoms with van der Waals surface area (Å²) in [5.74, 6) is 0. The average Bonchev–Trinajstić information content (AvgIpc) is 3.19. The Morgan fingerprint density at radius 1 is 0.645 bits per heavy atom. The molecule has 3 heteroatoms. The van der Waals surface area contributed by atoms with Crippen molar-refractivity contribution in [2.45, 2.75) is 121 Å². The summed E-state index contributed by atoms with van der Waals surface area (Å²) in [6, 6.07) is 0. The van der Waals surface area contributed by atoms with E-state index < -0.39 is 0 Å². The van der Waals surface area contributed by atoms with Gasteiger partial charge in [-0.15, -0.1) is 26.7 Å². The van der Waals surface area contributed by atoms with E-state index in [0.717, 1.165) is 12.8 Å². The molecule has 2 aliphatic carbocycles. The predicted molar refractivity (Wildman–Crippen MR) is 126 cm³/mol. The van der Waals surface area contributed by atoms with E-state index in [4.69, 9.17) is 0 Å². The Bertz CT molecular complexity index is 610. The number of hydrogen-bond donors (Lipinski definition) is 0. The third kappa shape index (κ3) is 8.94. The molecule has 0 radical (unpaired) electrons. The molecule has 0 amide bonds. The fourth-order valence-corrected chi connectivity index (χ4v) is 4.79. The molecule has 0 spiro atoms. The third-order valence-corrected chi connectivity index (χ3v) is 7.46. The van der Waals surface area contributed by atoms with Crippen LogP contribution in [-0.2, 0) is 26.2 Å². The van der Waals surface area contributed by atoms with Gasteiger partial charge in [0, 0.05) is 0 Å². The topological polar surface area (TPSA) is 0 Å². The molecular formula is C28H46Cl2Zr. The molecule has 0 aliphatic heterocycles. The molecule has 0 nitrogen and oxygen atoms in total. The zero-order valence-electron chi connectivity index (χ0n) is 21.9. The minimum absolute atomic E-state index is 0. The molecule has 31 heavy (non-hydrogen) atoms. The molecule has 2 unspecified atom stereocenters. The van der Waals surface area contributed by atoms with Gasteiger partial charge >= 0.3 is 26.2 Å². The molecule has 0 N–H and O–H groups in total. The fourth-order valence-electron chi connectivity index (χ4n) is 4.79. The van der Waals surface area contributed by atoms with Crippen LogP contribution >= 0.6 is 0 Å². The van der Waals surface area contributed by atoms with Crippen molar-refractivity contribution in [3.63, 3.8) is 0 Å². The molecule has 0 aromatic carbocycles. The van der Waals surface area contributed by atoms with Gasteiger partial charge in [-0.05, 0) is 36.5 Å². The Morgan fingerprint density at radius 2 is 0.935 bits per heavy atom. The van der Waals surface area contributed by atoms with E-state index in [1.807, 2.05) is 0 Å². The van der Waals surface area contributed by atoms with Crippen LogP contribution in [0.1, 0.15) is 121 Å². The van der Waals surface area contributed by atoms with E-state index in [1.165, 1.54) is 72.0 Å². The SMILES string of the molecule is CCCC(C)(CC)C1=[C-]CC(C)=C1C.CCCC(C)(CC)C1=[C-]CC(C)=C1C.[Cl-].[Cl-].[Zr+4]. The zero-order valence-corrected chi connectivity index (χ0v) is 25.9. The normalized spacial score (nSPS) is 19.0. The second-order valence-corrected chi connectivity index (χ2v) is 9.60. The number of allylic oxidation sites excluding steroid dienone is 8. The van der Waals surface area contributed by atoms with E-state index in [1.54, 1.807) is 0 Å². The van der Waals surface area contributed by atoms with E-state index >= 15 is 0 Å². The smallest absolute Gasteiger partial charge is 1.00 e. The van der Waals surface area contributed by atoms with E-state index in [2.05, 4.69) is 81.4 Å². The summed E-state index contributed by atoms with van der Waals surface area (Å²) < 4.78 is 0. The summed E-state index contributed by atoms with van der Waals surface area (Å²) in [7, 11) is 0. The van der Waals surface area contributed by atoms with Crippen molar-refractivity contribution in [3.8, 4) is 0 Å². The van der Waals surface area contributed by atoms with Crippen LogP contribution < -0.4 is 24.8 Å². The molecule has 2 rings (SSSR count). The van der Waals surface area contributed by atoms with Gasteiger partial charge in [0.15, 0.2) is 0 Å². The third-order valence-electron chi connectivity index (χ3n) is 7.46. The molecule has 0 aromatic rings. The summed E-state index contributed by atoms with van der Waals surface area (Å²) in [5, 5.41) is 0. The van der Waals surface area contributed by atoms with Crippen molar-refractivity contribution in [2.24, 2.45) is 10.8 Å². The maximum Gasteiger partial charge on any atom is 4.00 e. The number of rotatable bonds is 8.